The van der Waals surface area contributed by atoms with Crippen molar-refractivity contribution >= 4 is 20.9 Å². The lowest BCUT2D eigenvalue weighted by Crippen LogP contribution is -2.32. The molecule has 0 saturated carbocycles. The number of pyridine rings is 1. The third-order valence-electron chi connectivity index (χ3n) is 5.69. The van der Waals surface area contributed by atoms with Gasteiger partial charge in [0.15, 0.2) is 0 Å². The van der Waals surface area contributed by atoms with Crippen molar-refractivity contribution in [2.24, 2.45) is 0 Å². The molecule has 1 aromatic heterocycles. The summed E-state index contributed by atoms with van der Waals surface area (Å²) in [5.41, 5.74) is 1.33. The highest BCUT2D eigenvalue weighted by Gasteiger charge is 2.26. The van der Waals surface area contributed by atoms with Crippen molar-refractivity contribution in [3.05, 3.63) is 94.3 Å². The van der Waals surface area contributed by atoms with E-state index in [-0.39, 0.29) is 23.5 Å². The molecule has 1 heterocycles. The van der Waals surface area contributed by atoms with Gasteiger partial charge < -0.3 is 19.2 Å². The van der Waals surface area contributed by atoms with Crippen molar-refractivity contribution in [2.45, 2.75) is 18.0 Å². The van der Waals surface area contributed by atoms with Gasteiger partial charge in [0.1, 0.15) is 17.2 Å². The second-order valence-electron chi connectivity index (χ2n) is 7.87. The molecule has 0 radical (unpaired) electrons. The number of methoxy groups -OCH3 is 3. The van der Waals surface area contributed by atoms with Crippen LogP contribution >= 0.6 is 0 Å². The lowest BCUT2D eigenvalue weighted by molar-refractivity contribution is 0.397. The number of aromatic nitrogens is 1. The number of nitrogens with zero attached hydrogens (tertiary/aromatic N) is 1. The molecule has 0 saturated heterocycles. The molecule has 9 heteroatoms. The predicted octanol–water partition coefficient (Wildman–Crippen LogP) is 3.95. The molecule has 0 unspecified atom stereocenters. The summed E-state index contributed by atoms with van der Waals surface area (Å²) in [5.74, 6) is 1.83. The summed E-state index contributed by atoms with van der Waals surface area (Å²) in [6.07, 6.45) is 0. The second-order valence-corrected chi connectivity index (χ2v) is 9.81. The lowest BCUT2D eigenvalue weighted by atomic mass is 10.1. The minimum Gasteiger partial charge on any atom is -0.497 e. The van der Waals surface area contributed by atoms with E-state index in [1.54, 1.807) is 68.8 Å². The van der Waals surface area contributed by atoms with Gasteiger partial charge in [0.25, 0.3) is 5.56 Å². The first-order valence-electron chi connectivity index (χ1n) is 10.8. The largest absolute Gasteiger partial charge is 0.497 e. The normalized spacial score (nSPS) is 11.5. The molecule has 4 aromatic rings. The summed E-state index contributed by atoms with van der Waals surface area (Å²) in [4.78, 5) is 15.8. The monoisotopic (exact) mass is 494 g/mol. The molecule has 0 aliphatic carbocycles. The SMILES string of the molecule is COc1ccc(CN(Cc2cc3ccc(OC)cc3[nH]c2=O)S(=O)(=O)c2ccc(OC)cc2)cc1. The molecule has 0 spiro atoms. The first-order chi connectivity index (χ1) is 16.8. The van der Waals surface area contributed by atoms with Crippen molar-refractivity contribution in [1.29, 1.82) is 0 Å². The maximum Gasteiger partial charge on any atom is 0.252 e. The third-order valence-corrected chi connectivity index (χ3v) is 7.50. The molecule has 8 nitrogen and oxygen atoms in total. The Balaban J connectivity index is 1.74. The molecule has 0 bridgehead atoms. The summed E-state index contributed by atoms with van der Waals surface area (Å²) in [5, 5.41) is 0.770. The van der Waals surface area contributed by atoms with Crippen LogP contribution in [0, 0.1) is 0 Å². The van der Waals surface area contributed by atoms with Gasteiger partial charge in [0, 0.05) is 24.7 Å². The quantitative estimate of drug-likeness (QED) is 0.378. The van der Waals surface area contributed by atoms with E-state index < -0.39 is 10.0 Å². The van der Waals surface area contributed by atoms with Gasteiger partial charge in [0.2, 0.25) is 10.0 Å². The number of sulfonamides is 1. The van der Waals surface area contributed by atoms with Gasteiger partial charge >= 0.3 is 0 Å². The first kappa shape index (κ1) is 24.3. The van der Waals surface area contributed by atoms with Gasteiger partial charge in [-0.2, -0.15) is 4.31 Å². The van der Waals surface area contributed by atoms with Gasteiger partial charge in [-0.3, -0.25) is 4.79 Å². The molecule has 4 rings (SSSR count). The first-order valence-corrected chi connectivity index (χ1v) is 12.2. The van der Waals surface area contributed by atoms with Crippen LogP contribution in [0.1, 0.15) is 11.1 Å². The lowest BCUT2D eigenvalue weighted by Gasteiger charge is -2.23. The fraction of sp³-hybridized carbons (Fsp3) is 0.192. The van der Waals surface area contributed by atoms with Gasteiger partial charge in [-0.15, -0.1) is 0 Å². The number of rotatable bonds is 9. The van der Waals surface area contributed by atoms with Crippen LogP contribution in [0.2, 0.25) is 0 Å². The van der Waals surface area contributed by atoms with E-state index in [1.807, 2.05) is 6.07 Å². The van der Waals surface area contributed by atoms with E-state index in [9.17, 15) is 13.2 Å². The number of hydrogen-bond acceptors (Lipinski definition) is 6. The summed E-state index contributed by atoms with van der Waals surface area (Å²) in [6, 6.07) is 20.3. The van der Waals surface area contributed by atoms with Gasteiger partial charge in [-0.05, 0) is 65.5 Å². The van der Waals surface area contributed by atoms with Crippen LogP contribution in [0.4, 0.5) is 0 Å². The van der Waals surface area contributed by atoms with Crippen molar-refractivity contribution in [2.75, 3.05) is 21.3 Å². The van der Waals surface area contributed by atoms with E-state index in [0.29, 0.717) is 28.3 Å². The van der Waals surface area contributed by atoms with E-state index in [0.717, 1.165) is 10.9 Å². The minimum absolute atomic E-state index is 0.0679. The number of hydrogen-bond donors (Lipinski definition) is 1. The topological polar surface area (TPSA) is 97.9 Å². The molecule has 0 amide bonds. The fourth-order valence-corrected chi connectivity index (χ4v) is 5.12. The molecular weight excluding hydrogens is 468 g/mol. The minimum atomic E-state index is -3.95. The Bertz CT molecular complexity index is 1480. The molecular formula is C26H26N2O6S. The van der Waals surface area contributed by atoms with Crippen LogP contribution in [0.25, 0.3) is 10.9 Å². The van der Waals surface area contributed by atoms with Gasteiger partial charge in [0.05, 0.1) is 31.7 Å². The summed E-state index contributed by atoms with van der Waals surface area (Å²) < 4.78 is 44.2. The van der Waals surface area contributed by atoms with Crippen LogP contribution in [0.15, 0.2) is 82.5 Å². The van der Waals surface area contributed by atoms with Crippen LogP contribution in [0.5, 0.6) is 17.2 Å². The predicted molar refractivity (Wildman–Crippen MR) is 134 cm³/mol. The van der Waals surface area contributed by atoms with Crippen molar-refractivity contribution in [1.82, 2.24) is 9.29 Å². The smallest absolute Gasteiger partial charge is 0.252 e. The summed E-state index contributed by atoms with van der Waals surface area (Å²) in [6.45, 7) is -0.0455. The van der Waals surface area contributed by atoms with E-state index in [4.69, 9.17) is 14.2 Å². The maximum absolute atomic E-state index is 13.7. The highest BCUT2D eigenvalue weighted by molar-refractivity contribution is 7.89. The van der Waals surface area contributed by atoms with E-state index >= 15 is 0 Å². The van der Waals surface area contributed by atoms with Crippen molar-refractivity contribution in [3.8, 4) is 17.2 Å². The van der Waals surface area contributed by atoms with E-state index in [2.05, 4.69) is 4.98 Å². The molecule has 3 aromatic carbocycles. The molecule has 0 aliphatic heterocycles. The Labute approximate surface area is 203 Å². The van der Waals surface area contributed by atoms with E-state index in [1.165, 1.54) is 23.5 Å². The van der Waals surface area contributed by atoms with Crippen LogP contribution in [-0.4, -0.2) is 39.0 Å². The zero-order valence-electron chi connectivity index (χ0n) is 19.6. The third kappa shape index (κ3) is 5.31. The average molecular weight is 495 g/mol. The Morgan fingerprint density at radius 1 is 0.743 bits per heavy atom. The highest BCUT2D eigenvalue weighted by atomic mass is 32.2. The summed E-state index contributed by atoms with van der Waals surface area (Å²) >= 11 is 0. The van der Waals surface area contributed by atoms with Gasteiger partial charge in [-0.1, -0.05) is 12.1 Å². The summed E-state index contributed by atoms with van der Waals surface area (Å²) in [7, 11) is 0.687. The van der Waals surface area contributed by atoms with Crippen molar-refractivity contribution in [3.63, 3.8) is 0 Å². The number of nitrogens with one attached hydrogen (secondary N) is 1. The highest BCUT2D eigenvalue weighted by Crippen LogP contribution is 2.25. The number of aromatic amines is 1. The molecule has 0 aliphatic rings. The molecule has 0 atom stereocenters. The zero-order valence-corrected chi connectivity index (χ0v) is 20.5. The van der Waals surface area contributed by atoms with Crippen molar-refractivity contribution < 1.29 is 22.6 Å². The van der Waals surface area contributed by atoms with Crippen LogP contribution in [-0.2, 0) is 23.1 Å². The maximum atomic E-state index is 13.7. The van der Waals surface area contributed by atoms with Crippen LogP contribution in [0.3, 0.4) is 0 Å². The Kier molecular flexibility index (Phi) is 7.09. The zero-order chi connectivity index (χ0) is 25.0. The Hall–Kier alpha value is -3.82. The number of fused-ring (bicyclic) bond motifs is 1. The Morgan fingerprint density at radius 3 is 1.91 bits per heavy atom. The van der Waals surface area contributed by atoms with Gasteiger partial charge in [-0.25, -0.2) is 8.42 Å². The fourth-order valence-electron chi connectivity index (χ4n) is 3.72. The Morgan fingerprint density at radius 2 is 1.31 bits per heavy atom. The molecule has 35 heavy (non-hydrogen) atoms. The molecule has 0 fully saturated rings. The van der Waals surface area contributed by atoms with Crippen LogP contribution < -0.4 is 19.8 Å². The molecule has 182 valence electrons. The number of ether oxygens (including phenoxy) is 3. The average Bonchev–Trinajstić information content (AvgIpc) is 2.88. The standard InChI is InChI=1S/C26H26N2O6S/c1-32-21-7-4-18(5-8-21)16-28(35(30,31)24-12-10-22(33-2)11-13-24)17-20-14-19-6-9-23(34-3)15-25(19)27-26(20)29/h4-15H,16-17H2,1-3H3,(H,27,29). The number of H-pyrrole nitrogens is 1. The molecule has 1 N–H and O–H groups in total. The number of benzene rings is 3. The second kappa shape index (κ2) is 10.2.